The number of nitrogens with one attached hydrogen (secondary N) is 1. The van der Waals surface area contributed by atoms with Crippen molar-refractivity contribution >= 4 is 5.91 Å². The average molecular weight is 281 g/mol. The largest absolute Gasteiger partial charge is 0.381 e. The minimum absolute atomic E-state index is 0.118. The van der Waals surface area contributed by atoms with Crippen molar-refractivity contribution in [2.45, 2.75) is 31.7 Å². The molecule has 1 unspecified atom stereocenters. The molecule has 108 valence electrons. The third-order valence-corrected chi connectivity index (χ3v) is 4.65. The molecule has 0 aromatic heterocycles. The Hall–Kier alpha value is -1.49. The Morgan fingerprint density at radius 2 is 1.95 bits per heavy atom. The number of carbonyl (C=O) groups is 1. The molecule has 5 heteroatoms. The summed E-state index contributed by atoms with van der Waals surface area (Å²) in [6, 6.07) is 3.35. The zero-order valence-corrected chi connectivity index (χ0v) is 11.1. The van der Waals surface area contributed by atoms with Gasteiger partial charge in [0.15, 0.2) is 11.6 Å². The van der Waals surface area contributed by atoms with E-state index in [2.05, 4.69) is 5.32 Å². The zero-order valence-electron chi connectivity index (χ0n) is 11.1. The maximum atomic E-state index is 13.1. The Labute approximate surface area is 116 Å². The molecule has 1 aliphatic carbocycles. The lowest BCUT2D eigenvalue weighted by atomic mass is 9.60. The fourth-order valence-corrected chi connectivity index (χ4v) is 3.18. The van der Waals surface area contributed by atoms with Gasteiger partial charge in [-0.15, -0.1) is 0 Å². The predicted octanol–water partition coefficient (Wildman–Crippen LogP) is 2.65. The summed E-state index contributed by atoms with van der Waals surface area (Å²) in [4.78, 5) is 12.1. The second-order valence-electron chi connectivity index (χ2n) is 5.67. The van der Waals surface area contributed by atoms with E-state index in [4.69, 9.17) is 4.74 Å². The Kier molecular flexibility index (Phi) is 3.46. The summed E-state index contributed by atoms with van der Waals surface area (Å²) in [6.45, 7) is 1.47. The number of ether oxygens (including phenoxy) is 1. The molecule has 1 aromatic carbocycles. The second kappa shape index (κ2) is 5.13. The SMILES string of the molecule is O=C(NC1CCC12CCOCC2)c1ccc(F)c(F)c1. The molecular weight excluding hydrogens is 264 g/mol. The molecule has 2 fully saturated rings. The number of hydrogen-bond acceptors (Lipinski definition) is 2. The quantitative estimate of drug-likeness (QED) is 0.905. The monoisotopic (exact) mass is 281 g/mol. The average Bonchev–Trinajstić information content (AvgIpc) is 2.47. The van der Waals surface area contributed by atoms with E-state index in [-0.39, 0.29) is 22.9 Å². The third kappa shape index (κ3) is 2.30. The Morgan fingerprint density at radius 1 is 1.20 bits per heavy atom. The molecular formula is C15H17F2NO2. The maximum absolute atomic E-state index is 13.1. The summed E-state index contributed by atoms with van der Waals surface area (Å²) in [5.41, 5.74) is 0.310. The van der Waals surface area contributed by atoms with Gasteiger partial charge in [-0.05, 0) is 49.3 Å². The third-order valence-electron chi connectivity index (χ3n) is 4.65. The minimum atomic E-state index is -0.993. The van der Waals surface area contributed by atoms with Crippen LogP contribution in [0.4, 0.5) is 8.78 Å². The van der Waals surface area contributed by atoms with Gasteiger partial charge in [0, 0.05) is 24.8 Å². The molecule has 0 radical (unpaired) electrons. The van der Waals surface area contributed by atoms with E-state index in [0.29, 0.717) is 0 Å². The van der Waals surface area contributed by atoms with Gasteiger partial charge in [-0.2, -0.15) is 0 Å². The first kappa shape index (κ1) is 13.5. The van der Waals surface area contributed by atoms with E-state index in [9.17, 15) is 13.6 Å². The topological polar surface area (TPSA) is 38.3 Å². The summed E-state index contributed by atoms with van der Waals surface area (Å²) < 4.78 is 31.4. The van der Waals surface area contributed by atoms with Crippen molar-refractivity contribution in [1.29, 1.82) is 0 Å². The van der Waals surface area contributed by atoms with E-state index in [0.717, 1.165) is 51.0 Å². The first-order valence-corrected chi connectivity index (χ1v) is 6.94. The lowest BCUT2D eigenvalue weighted by molar-refractivity contribution is -0.0523. The molecule has 3 nitrogen and oxygen atoms in total. The first-order valence-electron chi connectivity index (χ1n) is 6.94. The van der Waals surface area contributed by atoms with E-state index in [1.807, 2.05) is 0 Å². The smallest absolute Gasteiger partial charge is 0.251 e. The van der Waals surface area contributed by atoms with Crippen LogP contribution in [-0.4, -0.2) is 25.2 Å². The highest BCUT2D eigenvalue weighted by Gasteiger charge is 2.47. The molecule has 20 heavy (non-hydrogen) atoms. The summed E-state index contributed by atoms with van der Waals surface area (Å²) in [7, 11) is 0. The van der Waals surface area contributed by atoms with Crippen LogP contribution in [0.2, 0.25) is 0 Å². The molecule has 1 aromatic rings. The summed E-state index contributed by atoms with van der Waals surface area (Å²) in [5.74, 6) is -2.27. The van der Waals surface area contributed by atoms with Crippen molar-refractivity contribution in [2.24, 2.45) is 5.41 Å². The second-order valence-corrected chi connectivity index (χ2v) is 5.67. The van der Waals surface area contributed by atoms with Gasteiger partial charge in [-0.3, -0.25) is 4.79 Å². The van der Waals surface area contributed by atoms with E-state index in [1.54, 1.807) is 0 Å². The molecule has 1 amide bonds. The number of benzene rings is 1. The van der Waals surface area contributed by atoms with Gasteiger partial charge in [-0.1, -0.05) is 0 Å². The number of carbonyl (C=O) groups excluding carboxylic acids is 1. The number of halogens is 2. The molecule has 1 saturated heterocycles. The van der Waals surface area contributed by atoms with Gasteiger partial charge in [0.05, 0.1) is 0 Å². The Bertz CT molecular complexity index is 527. The number of rotatable bonds is 2. The molecule has 1 atom stereocenters. The van der Waals surface area contributed by atoms with Crippen LogP contribution in [-0.2, 0) is 4.74 Å². The molecule has 0 bridgehead atoms. The molecule has 1 heterocycles. The van der Waals surface area contributed by atoms with Crippen LogP contribution in [0, 0.1) is 17.0 Å². The van der Waals surface area contributed by atoms with Crippen LogP contribution in [0.15, 0.2) is 18.2 Å². The number of hydrogen-bond donors (Lipinski definition) is 1. The summed E-state index contributed by atoms with van der Waals surface area (Å²) in [5, 5.41) is 2.96. The molecule has 1 saturated carbocycles. The molecule has 2 aliphatic rings. The Morgan fingerprint density at radius 3 is 2.55 bits per heavy atom. The van der Waals surface area contributed by atoms with Crippen molar-refractivity contribution in [1.82, 2.24) is 5.32 Å². The Balaban J connectivity index is 1.68. The van der Waals surface area contributed by atoms with E-state index >= 15 is 0 Å². The van der Waals surface area contributed by atoms with Crippen LogP contribution < -0.4 is 5.32 Å². The lowest BCUT2D eigenvalue weighted by Crippen LogP contribution is -2.57. The van der Waals surface area contributed by atoms with Gasteiger partial charge in [-0.25, -0.2) is 8.78 Å². The van der Waals surface area contributed by atoms with Crippen LogP contribution in [0.25, 0.3) is 0 Å². The van der Waals surface area contributed by atoms with Gasteiger partial charge in [0.25, 0.3) is 5.91 Å². The van der Waals surface area contributed by atoms with Gasteiger partial charge in [0.1, 0.15) is 0 Å². The van der Waals surface area contributed by atoms with E-state index < -0.39 is 11.6 Å². The summed E-state index contributed by atoms with van der Waals surface area (Å²) in [6.07, 6.45) is 3.94. The molecule has 3 rings (SSSR count). The van der Waals surface area contributed by atoms with Crippen molar-refractivity contribution in [3.63, 3.8) is 0 Å². The maximum Gasteiger partial charge on any atom is 0.251 e. The van der Waals surface area contributed by atoms with Crippen molar-refractivity contribution in [3.05, 3.63) is 35.4 Å². The van der Waals surface area contributed by atoms with Crippen LogP contribution in [0.1, 0.15) is 36.0 Å². The normalized spacial score (nSPS) is 24.2. The summed E-state index contributed by atoms with van der Waals surface area (Å²) >= 11 is 0. The highest BCUT2D eigenvalue weighted by molar-refractivity contribution is 5.94. The zero-order chi connectivity index (χ0) is 14.2. The molecule has 1 aliphatic heterocycles. The highest BCUT2D eigenvalue weighted by Crippen LogP contribution is 2.48. The lowest BCUT2D eigenvalue weighted by Gasteiger charge is -2.52. The fourth-order valence-electron chi connectivity index (χ4n) is 3.18. The van der Waals surface area contributed by atoms with Gasteiger partial charge >= 0.3 is 0 Å². The minimum Gasteiger partial charge on any atom is -0.381 e. The molecule has 1 N–H and O–H groups in total. The first-order chi connectivity index (χ1) is 9.61. The fraction of sp³-hybridized carbons (Fsp3) is 0.533. The van der Waals surface area contributed by atoms with Crippen LogP contribution in [0.3, 0.4) is 0 Å². The van der Waals surface area contributed by atoms with Gasteiger partial charge < -0.3 is 10.1 Å². The number of amides is 1. The predicted molar refractivity (Wildman–Crippen MR) is 69.3 cm³/mol. The van der Waals surface area contributed by atoms with Crippen molar-refractivity contribution in [2.75, 3.05) is 13.2 Å². The standard InChI is InChI=1S/C15H17F2NO2/c16-11-2-1-10(9-12(11)17)14(19)18-13-3-4-15(13)5-7-20-8-6-15/h1-2,9,13H,3-8H2,(H,18,19). The van der Waals surface area contributed by atoms with Crippen LogP contribution >= 0.6 is 0 Å². The van der Waals surface area contributed by atoms with E-state index in [1.165, 1.54) is 6.07 Å². The van der Waals surface area contributed by atoms with Crippen LogP contribution in [0.5, 0.6) is 0 Å². The highest BCUT2D eigenvalue weighted by atomic mass is 19.2. The molecule has 1 spiro atoms. The van der Waals surface area contributed by atoms with Gasteiger partial charge in [0.2, 0.25) is 0 Å². The van der Waals surface area contributed by atoms with Crippen molar-refractivity contribution in [3.8, 4) is 0 Å². The van der Waals surface area contributed by atoms with Crippen molar-refractivity contribution < 1.29 is 18.3 Å².